The Bertz CT molecular complexity index is 613. The fraction of sp³-hybridized carbons (Fsp3) is 0.400. The molecular formula is C10H13BrN2O5S2. The van der Waals surface area contributed by atoms with Gasteiger partial charge < -0.3 is 10.0 Å². The third-order valence-corrected chi connectivity index (χ3v) is 6.08. The molecule has 0 aromatic carbocycles. The van der Waals surface area contributed by atoms with Crippen LogP contribution in [0.3, 0.4) is 0 Å². The maximum Gasteiger partial charge on any atom is 0.326 e. The van der Waals surface area contributed by atoms with Crippen LogP contribution in [-0.4, -0.2) is 49.9 Å². The van der Waals surface area contributed by atoms with E-state index in [9.17, 15) is 18.0 Å². The first-order valence-corrected chi connectivity index (χ1v) is 8.48. The van der Waals surface area contributed by atoms with Crippen molar-refractivity contribution in [1.82, 2.24) is 9.62 Å². The molecule has 1 aromatic heterocycles. The highest BCUT2D eigenvalue weighted by molar-refractivity contribution is 9.11. The molecule has 1 rings (SSSR count). The zero-order valence-electron chi connectivity index (χ0n) is 10.7. The number of likely N-dealkylation sites (N-methyl/N-ethyl adjacent to an activating group) is 1. The monoisotopic (exact) mass is 384 g/mol. The molecule has 112 valence electrons. The Hall–Kier alpha value is -0.970. The summed E-state index contributed by atoms with van der Waals surface area (Å²) in [6, 6.07) is 1.97. The Labute approximate surface area is 128 Å². The molecule has 0 radical (unpaired) electrons. The van der Waals surface area contributed by atoms with Crippen LogP contribution >= 0.6 is 27.3 Å². The second-order valence-corrected chi connectivity index (χ2v) is 8.36. The van der Waals surface area contributed by atoms with Gasteiger partial charge in [0.1, 0.15) is 10.3 Å². The number of rotatable bonds is 6. The molecule has 20 heavy (non-hydrogen) atoms. The molecule has 0 aliphatic carbocycles. The second-order valence-electron chi connectivity index (χ2n) is 3.90. The Morgan fingerprint density at radius 3 is 2.55 bits per heavy atom. The van der Waals surface area contributed by atoms with Crippen LogP contribution in [0.5, 0.6) is 0 Å². The van der Waals surface area contributed by atoms with Gasteiger partial charge in [-0.3, -0.25) is 4.79 Å². The molecule has 0 bridgehead atoms. The van der Waals surface area contributed by atoms with E-state index in [0.29, 0.717) is 3.79 Å². The minimum absolute atomic E-state index is 0.0751. The van der Waals surface area contributed by atoms with Gasteiger partial charge in [-0.2, -0.15) is 0 Å². The zero-order valence-corrected chi connectivity index (χ0v) is 13.9. The molecule has 0 aliphatic rings. The smallest absolute Gasteiger partial charge is 0.326 e. The van der Waals surface area contributed by atoms with E-state index in [1.807, 2.05) is 0 Å². The van der Waals surface area contributed by atoms with E-state index in [0.717, 1.165) is 16.2 Å². The van der Waals surface area contributed by atoms with Crippen LogP contribution in [0.15, 0.2) is 20.1 Å². The van der Waals surface area contributed by atoms with E-state index < -0.39 is 34.5 Å². The maximum absolute atomic E-state index is 11.9. The number of nitrogens with one attached hydrogen (secondary N) is 1. The highest BCUT2D eigenvalue weighted by Gasteiger charge is 2.24. The number of amides is 1. The topological polar surface area (TPSA) is 104 Å². The summed E-state index contributed by atoms with van der Waals surface area (Å²) in [6.07, 6.45) is 0. The molecule has 2 N–H and O–H groups in total. The first-order valence-electron chi connectivity index (χ1n) is 5.38. The van der Waals surface area contributed by atoms with E-state index in [4.69, 9.17) is 5.11 Å². The molecule has 0 spiro atoms. The molecule has 1 amide bonds. The number of hydrogen-bond donors (Lipinski definition) is 2. The molecule has 7 nitrogen and oxygen atoms in total. The molecule has 0 fully saturated rings. The van der Waals surface area contributed by atoms with Gasteiger partial charge in [0.05, 0.1) is 10.3 Å². The number of thiophene rings is 1. The van der Waals surface area contributed by atoms with Gasteiger partial charge in [0, 0.05) is 7.05 Å². The predicted octanol–water partition coefficient (Wildman–Crippen LogP) is 0.720. The average Bonchev–Trinajstić information content (AvgIpc) is 2.81. The largest absolute Gasteiger partial charge is 0.480 e. The van der Waals surface area contributed by atoms with Crippen molar-refractivity contribution in [1.29, 1.82) is 0 Å². The van der Waals surface area contributed by atoms with Gasteiger partial charge in [-0.1, -0.05) is 0 Å². The lowest BCUT2D eigenvalue weighted by Gasteiger charge is -2.21. The summed E-state index contributed by atoms with van der Waals surface area (Å²) < 4.78 is 26.6. The van der Waals surface area contributed by atoms with E-state index in [1.165, 1.54) is 20.0 Å². The maximum atomic E-state index is 11.9. The van der Waals surface area contributed by atoms with Crippen LogP contribution in [0, 0.1) is 0 Å². The fourth-order valence-electron chi connectivity index (χ4n) is 1.18. The van der Waals surface area contributed by atoms with E-state index in [-0.39, 0.29) is 4.21 Å². The SMILES string of the molecule is CC(C(=O)O)N(C)C(=O)CNS(=O)(=O)c1ccc(Br)s1. The number of halogens is 1. The summed E-state index contributed by atoms with van der Waals surface area (Å²) >= 11 is 4.16. The summed E-state index contributed by atoms with van der Waals surface area (Å²) in [7, 11) is -2.47. The molecule has 0 saturated carbocycles. The van der Waals surface area contributed by atoms with Crippen LogP contribution in [0.1, 0.15) is 6.92 Å². The number of carbonyl (C=O) groups excluding carboxylic acids is 1. The van der Waals surface area contributed by atoms with E-state index in [2.05, 4.69) is 20.7 Å². The lowest BCUT2D eigenvalue weighted by atomic mass is 10.3. The van der Waals surface area contributed by atoms with Crippen molar-refractivity contribution in [3.8, 4) is 0 Å². The zero-order chi connectivity index (χ0) is 15.5. The second kappa shape index (κ2) is 6.66. The quantitative estimate of drug-likeness (QED) is 0.751. The van der Waals surface area contributed by atoms with Crippen LogP contribution in [-0.2, 0) is 19.6 Å². The third kappa shape index (κ3) is 4.27. The predicted molar refractivity (Wildman–Crippen MR) is 77.1 cm³/mol. The number of carbonyl (C=O) groups is 2. The van der Waals surface area contributed by atoms with Gasteiger partial charge >= 0.3 is 5.97 Å². The highest BCUT2D eigenvalue weighted by atomic mass is 79.9. The van der Waals surface area contributed by atoms with Crippen molar-refractivity contribution in [2.24, 2.45) is 0 Å². The minimum atomic E-state index is -3.77. The van der Waals surface area contributed by atoms with Gasteiger partial charge in [0.25, 0.3) is 10.0 Å². The number of aliphatic carboxylic acids is 1. The Morgan fingerprint density at radius 1 is 1.50 bits per heavy atom. The molecule has 1 aromatic rings. The number of nitrogens with zero attached hydrogens (tertiary/aromatic N) is 1. The molecule has 0 aliphatic heterocycles. The summed E-state index contributed by atoms with van der Waals surface area (Å²) in [5.74, 6) is -1.79. The molecule has 10 heteroatoms. The van der Waals surface area contributed by atoms with Crippen molar-refractivity contribution in [3.05, 3.63) is 15.9 Å². The van der Waals surface area contributed by atoms with Crippen LogP contribution in [0.25, 0.3) is 0 Å². The lowest BCUT2D eigenvalue weighted by molar-refractivity contribution is -0.147. The van der Waals surface area contributed by atoms with Gasteiger partial charge in [0.15, 0.2) is 0 Å². The standard InChI is InChI=1S/C10H13BrN2O5S2/c1-6(10(15)16)13(2)8(14)5-12-20(17,18)9-4-3-7(11)19-9/h3-4,6,12H,5H2,1-2H3,(H,15,16). The van der Waals surface area contributed by atoms with Gasteiger partial charge in [-0.25, -0.2) is 17.9 Å². The average molecular weight is 385 g/mol. The summed E-state index contributed by atoms with van der Waals surface area (Å²) in [5, 5.41) is 8.77. The Balaban J connectivity index is 2.67. The lowest BCUT2D eigenvalue weighted by Crippen LogP contribution is -2.45. The van der Waals surface area contributed by atoms with Crippen molar-refractivity contribution < 1.29 is 23.1 Å². The van der Waals surface area contributed by atoms with E-state index in [1.54, 1.807) is 6.07 Å². The van der Waals surface area contributed by atoms with Crippen LogP contribution in [0.4, 0.5) is 0 Å². The van der Waals surface area contributed by atoms with Crippen molar-refractivity contribution in [2.45, 2.75) is 17.2 Å². The molecule has 1 atom stereocenters. The van der Waals surface area contributed by atoms with Crippen LogP contribution in [0.2, 0.25) is 0 Å². The Morgan fingerprint density at radius 2 is 2.10 bits per heavy atom. The number of hydrogen-bond acceptors (Lipinski definition) is 5. The number of carboxylic acids is 1. The summed E-state index contributed by atoms with van der Waals surface area (Å²) in [4.78, 5) is 23.4. The first-order chi connectivity index (χ1) is 9.15. The molecule has 1 heterocycles. The van der Waals surface area contributed by atoms with Crippen LogP contribution < -0.4 is 4.72 Å². The van der Waals surface area contributed by atoms with Crippen molar-refractivity contribution in [2.75, 3.05) is 13.6 Å². The van der Waals surface area contributed by atoms with Crippen molar-refractivity contribution >= 4 is 49.2 Å². The number of sulfonamides is 1. The minimum Gasteiger partial charge on any atom is -0.480 e. The number of carboxylic acid groups (broad SMARTS) is 1. The fourth-order valence-corrected chi connectivity index (χ4v) is 4.21. The summed E-state index contributed by atoms with van der Waals surface area (Å²) in [6.45, 7) is 0.844. The summed E-state index contributed by atoms with van der Waals surface area (Å²) in [5.41, 5.74) is 0. The molecule has 1 unspecified atom stereocenters. The van der Waals surface area contributed by atoms with Gasteiger partial charge in [-0.05, 0) is 35.0 Å². The first kappa shape index (κ1) is 17.1. The van der Waals surface area contributed by atoms with Crippen molar-refractivity contribution in [3.63, 3.8) is 0 Å². The van der Waals surface area contributed by atoms with Gasteiger partial charge in [0.2, 0.25) is 5.91 Å². The molecule has 0 saturated heterocycles. The normalized spacial score (nSPS) is 12.9. The van der Waals surface area contributed by atoms with E-state index >= 15 is 0 Å². The molecular weight excluding hydrogens is 372 g/mol. The Kier molecular flexibility index (Phi) is 5.68. The van der Waals surface area contributed by atoms with Gasteiger partial charge in [-0.15, -0.1) is 11.3 Å². The highest BCUT2D eigenvalue weighted by Crippen LogP contribution is 2.25. The third-order valence-electron chi connectivity index (χ3n) is 2.56.